The van der Waals surface area contributed by atoms with Crippen molar-refractivity contribution < 1.29 is 18.3 Å². The molecule has 1 heterocycles. The van der Waals surface area contributed by atoms with E-state index in [0.717, 1.165) is 4.88 Å². The number of thiophene rings is 1. The molecule has 0 fully saturated rings. The van der Waals surface area contributed by atoms with Crippen molar-refractivity contribution in [2.45, 2.75) is 42.3 Å². The Morgan fingerprint density at radius 3 is 2.40 bits per heavy atom. The maximum atomic E-state index is 12.8. The van der Waals surface area contributed by atoms with Crippen molar-refractivity contribution in [1.29, 1.82) is 0 Å². The Bertz CT molecular complexity index is 855. The number of sulfone groups is 1. The lowest BCUT2D eigenvalue weighted by Crippen LogP contribution is -2.44. The summed E-state index contributed by atoms with van der Waals surface area (Å²) in [7, 11) is -3.61. The van der Waals surface area contributed by atoms with Gasteiger partial charge in [-0.3, -0.25) is 0 Å². The van der Waals surface area contributed by atoms with E-state index in [0.29, 0.717) is 10.9 Å². The fourth-order valence-electron chi connectivity index (χ4n) is 2.31. The molecule has 2 rings (SSSR count). The van der Waals surface area contributed by atoms with Crippen molar-refractivity contribution in [2.24, 2.45) is 5.41 Å². The summed E-state index contributed by atoms with van der Waals surface area (Å²) < 4.78 is 26.3. The third-order valence-corrected chi connectivity index (χ3v) is 8.36. The fraction of sp³-hybridized carbons (Fsp3) is 0.353. The third kappa shape index (κ3) is 4.83. The van der Waals surface area contributed by atoms with E-state index >= 15 is 0 Å². The van der Waals surface area contributed by atoms with Crippen LogP contribution in [0.3, 0.4) is 0 Å². The topological polar surface area (TPSA) is 83.5 Å². The largest absolute Gasteiger partial charge is 0.465 e. The standard InChI is InChI=1S/C17H20BrNO4S2/c1-17(2,3)14(19-16(20)21)10-11-9-13(18)15(24-11)25(22,23)12-7-5-4-6-8-12/h4-9,14,19H,10H2,1-3H3,(H,20,21). The Hall–Kier alpha value is -1.38. The molecule has 0 saturated carbocycles. The second kappa shape index (κ2) is 7.47. The smallest absolute Gasteiger partial charge is 0.404 e. The number of carboxylic acid groups (broad SMARTS) is 1. The van der Waals surface area contributed by atoms with Crippen LogP contribution in [0, 0.1) is 5.41 Å². The molecule has 0 spiro atoms. The van der Waals surface area contributed by atoms with Gasteiger partial charge in [0.05, 0.1) is 4.90 Å². The predicted molar refractivity (Wildman–Crippen MR) is 102 cm³/mol. The highest BCUT2D eigenvalue weighted by Gasteiger charge is 2.29. The minimum atomic E-state index is -3.61. The van der Waals surface area contributed by atoms with Gasteiger partial charge in [0.1, 0.15) is 4.21 Å². The van der Waals surface area contributed by atoms with Crippen LogP contribution in [0.15, 0.2) is 50.0 Å². The fourth-order valence-corrected chi connectivity index (χ4v) is 6.54. The summed E-state index contributed by atoms with van der Waals surface area (Å²) in [6, 6.07) is 9.67. The quantitative estimate of drug-likeness (QED) is 0.705. The van der Waals surface area contributed by atoms with Gasteiger partial charge in [0.2, 0.25) is 9.84 Å². The molecular weight excluding hydrogens is 426 g/mol. The van der Waals surface area contributed by atoms with E-state index in [1.807, 2.05) is 20.8 Å². The number of hydrogen-bond donors (Lipinski definition) is 2. The van der Waals surface area contributed by atoms with E-state index in [4.69, 9.17) is 5.11 Å². The molecule has 2 N–H and O–H groups in total. The zero-order valence-electron chi connectivity index (χ0n) is 14.1. The average Bonchev–Trinajstić information content (AvgIpc) is 2.87. The highest BCUT2D eigenvalue weighted by molar-refractivity contribution is 9.10. The van der Waals surface area contributed by atoms with Crippen molar-refractivity contribution in [3.05, 3.63) is 45.7 Å². The normalized spacial score (nSPS) is 13.4. The molecule has 136 valence electrons. The Labute approximate surface area is 160 Å². The molecule has 0 aliphatic rings. The van der Waals surface area contributed by atoms with Crippen LogP contribution in [0.5, 0.6) is 0 Å². The molecule has 1 aromatic carbocycles. The Kier molecular flexibility index (Phi) is 5.96. The van der Waals surface area contributed by atoms with Crippen LogP contribution in [-0.4, -0.2) is 25.7 Å². The van der Waals surface area contributed by atoms with Crippen LogP contribution >= 0.6 is 27.3 Å². The summed E-state index contributed by atoms with van der Waals surface area (Å²) in [6.45, 7) is 5.83. The van der Waals surface area contributed by atoms with Crippen LogP contribution in [0.2, 0.25) is 0 Å². The van der Waals surface area contributed by atoms with Crippen LogP contribution in [0.1, 0.15) is 25.6 Å². The summed E-state index contributed by atoms with van der Waals surface area (Å²) in [5, 5.41) is 11.6. The summed E-state index contributed by atoms with van der Waals surface area (Å²) in [4.78, 5) is 12.1. The van der Waals surface area contributed by atoms with Gasteiger partial charge in [-0.2, -0.15) is 0 Å². The highest BCUT2D eigenvalue weighted by atomic mass is 79.9. The summed E-state index contributed by atoms with van der Waals surface area (Å²) in [5.74, 6) is 0. The van der Waals surface area contributed by atoms with E-state index in [1.54, 1.807) is 36.4 Å². The molecule has 1 amide bonds. The number of amides is 1. The Morgan fingerprint density at radius 1 is 1.28 bits per heavy atom. The Morgan fingerprint density at radius 2 is 1.88 bits per heavy atom. The van der Waals surface area contributed by atoms with Gasteiger partial charge in [0, 0.05) is 21.8 Å². The van der Waals surface area contributed by atoms with Gasteiger partial charge in [-0.1, -0.05) is 39.0 Å². The second-order valence-corrected chi connectivity index (χ2v) is 10.9. The highest BCUT2D eigenvalue weighted by Crippen LogP contribution is 2.37. The molecule has 8 heteroatoms. The van der Waals surface area contributed by atoms with Crippen molar-refractivity contribution >= 4 is 43.2 Å². The van der Waals surface area contributed by atoms with Crippen molar-refractivity contribution in [3.8, 4) is 0 Å². The lowest BCUT2D eigenvalue weighted by molar-refractivity contribution is 0.174. The molecule has 0 aliphatic carbocycles. The summed E-state index contributed by atoms with van der Waals surface area (Å²) in [6.07, 6.45) is -0.670. The number of carbonyl (C=O) groups is 1. The summed E-state index contributed by atoms with van der Waals surface area (Å²) >= 11 is 4.50. The Balaban J connectivity index is 2.35. The lowest BCUT2D eigenvalue weighted by Gasteiger charge is -2.30. The SMILES string of the molecule is CC(C)(C)C(Cc1cc(Br)c(S(=O)(=O)c2ccccc2)s1)NC(=O)O. The van der Waals surface area contributed by atoms with Gasteiger partial charge in [0.25, 0.3) is 0 Å². The van der Waals surface area contributed by atoms with E-state index in [-0.39, 0.29) is 20.6 Å². The maximum Gasteiger partial charge on any atom is 0.404 e. The van der Waals surface area contributed by atoms with Gasteiger partial charge in [0.15, 0.2) is 0 Å². The van der Waals surface area contributed by atoms with Gasteiger partial charge in [-0.05, 0) is 39.5 Å². The third-order valence-electron chi connectivity index (χ3n) is 3.75. The van der Waals surface area contributed by atoms with Crippen molar-refractivity contribution in [2.75, 3.05) is 0 Å². The molecule has 0 radical (unpaired) electrons. The summed E-state index contributed by atoms with van der Waals surface area (Å²) in [5.41, 5.74) is -0.298. The molecule has 0 saturated heterocycles. The van der Waals surface area contributed by atoms with Crippen LogP contribution in [0.4, 0.5) is 4.79 Å². The average molecular weight is 446 g/mol. The number of rotatable bonds is 5. The number of benzene rings is 1. The number of hydrogen-bond acceptors (Lipinski definition) is 4. The van der Waals surface area contributed by atoms with Gasteiger partial charge in [-0.25, -0.2) is 13.2 Å². The van der Waals surface area contributed by atoms with E-state index < -0.39 is 15.9 Å². The molecule has 0 aliphatic heterocycles. The predicted octanol–water partition coefficient (Wildman–Crippen LogP) is 4.57. The molecule has 2 aromatic rings. The first-order valence-corrected chi connectivity index (χ1v) is 10.7. The molecule has 0 bridgehead atoms. The van der Waals surface area contributed by atoms with E-state index in [1.165, 1.54) is 11.3 Å². The zero-order chi connectivity index (χ0) is 18.8. The molecule has 1 aromatic heterocycles. The molecule has 1 atom stereocenters. The molecule has 1 unspecified atom stereocenters. The van der Waals surface area contributed by atoms with Crippen LogP contribution in [-0.2, 0) is 16.3 Å². The maximum absolute atomic E-state index is 12.8. The van der Waals surface area contributed by atoms with Gasteiger partial charge in [-0.15, -0.1) is 11.3 Å². The lowest BCUT2D eigenvalue weighted by atomic mass is 9.84. The number of nitrogens with one attached hydrogen (secondary N) is 1. The van der Waals surface area contributed by atoms with Crippen molar-refractivity contribution in [1.82, 2.24) is 5.32 Å². The number of halogens is 1. The minimum absolute atomic E-state index is 0.233. The van der Waals surface area contributed by atoms with E-state index in [2.05, 4.69) is 21.2 Å². The molecule has 25 heavy (non-hydrogen) atoms. The first-order chi connectivity index (χ1) is 11.5. The molecule has 5 nitrogen and oxygen atoms in total. The first-order valence-electron chi connectivity index (χ1n) is 7.59. The van der Waals surface area contributed by atoms with Gasteiger partial charge < -0.3 is 10.4 Å². The van der Waals surface area contributed by atoms with Crippen LogP contribution < -0.4 is 5.32 Å². The second-order valence-electron chi connectivity index (χ2n) is 6.74. The van der Waals surface area contributed by atoms with E-state index in [9.17, 15) is 13.2 Å². The van der Waals surface area contributed by atoms with Gasteiger partial charge >= 0.3 is 6.09 Å². The zero-order valence-corrected chi connectivity index (χ0v) is 17.3. The van der Waals surface area contributed by atoms with Crippen LogP contribution in [0.25, 0.3) is 0 Å². The minimum Gasteiger partial charge on any atom is -0.465 e. The van der Waals surface area contributed by atoms with Crippen molar-refractivity contribution in [3.63, 3.8) is 0 Å². The molecular formula is C17H20BrNO4S2. The monoisotopic (exact) mass is 445 g/mol. The first kappa shape index (κ1) is 19.9.